The predicted octanol–water partition coefficient (Wildman–Crippen LogP) is 3.21. The number of fused-ring (bicyclic) bond motifs is 4. The summed E-state index contributed by atoms with van der Waals surface area (Å²) in [4.78, 5) is 36.4. The number of carbonyl (C=O) groups is 1. The number of para-hydroxylation sites is 2. The summed E-state index contributed by atoms with van der Waals surface area (Å²) >= 11 is 0. The molecule has 0 atom stereocenters. The molecule has 0 spiro atoms. The first-order valence-corrected chi connectivity index (χ1v) is 8.90. The van der Waals surface area contributed by atoms with Crippen molar-refractivity contribution in [3.05, 3.63) is 75.8 Å². The Morgan fingerprint density at radius 3 is 2.74 bits per heavy atom. The van der Waals surface area contributed by atoms with Crippen molar-refractivity contribution in [1.29, 1.82) is 0 Å². The average Bonchev–Trinajstić information content (AvgIpc) is 3.18. The fourth-order valence-electron chi connectivity index (χ4n) is 3.74. The summed E-state index contributed by atoms with van der Waals surface area (Å²) < 4.78 is 0. The maximum atomic E-state index is 12.6. The lowest BCUT2D eigenvalue weighted by atomic mass is 10.1. The van der Waals surface area contributed by atoms with Gasteiger partial charge in [-0.2, -0.15) is 0 Å². The van der Waals surface area contributed by atoms with E-state index in [9.17, 15) is 9.59 Å². The van der Waals surface area contributed by atoms with Crippen molar-refractivity contribution in [2.24, 2.45) is 0 Å². The topological polar surface area (TPSA) is 87.7 Å². The molecule has 132 valence electrons. The first kappa shape index (κ1) is 15.7. The molecule has 0 aliphatic heterocycles. The summed E-state index contributed by atoms with van der Waals surface area (Å²) in [5.74, 6) is -0.337. The lowest BCUT2D eigenvalue weighted by Gasteiger charge is -2.09. The number of rotatable bonds is 2. The standard InChI is InChI=1S/C21H16N4O2/c26-20-15-5-3-4-13(15)14-9-8-12(10-18(14)25-20)23-21(27)19-11-22-16-6-1-2-7-17(16)24-19/h1-2,6-11H,3-5H2,(H,23,27)(H,25,26). The molecule has 2 aromatic carbocycles. The van der Waals surface area contributed by atoms with Gasteiger partial charge in [-0.15, -0.1) is 0 Å². The van der Waals surface area contributed by atoms with Gasteiger partial charge in [0.25, 0.3) is 11.5 Å². The number of H-pyrrole nitrogens is 1. The maximum absolute atomic E-state index is 12.6. The van der Waals surface area contributed by atoms with E-state index in [4.69, 9.17) is 0 Å². The zero-order valence-electron chi connectivity index (χ0n) is 14.5. The van der Waals surface area contributed by atoms with E-state index in [1.165, 1.54) is 6.20 Å². The normalized spacial score (nSPS) is 13.0. The maximum Gasteiger partial charge on any atom is 0.275 e. The van der Waals surface area contributed by atoms with Crippen molar-refractivity contribution >= 4 is 33.5 Å². The van der Waals surface area contributed by atoms with Crippen LogP contribution in [0.1, 0.15) is 28.0 Å². The molecule has 1 aliphatic rings. The third kappa shape index (κ3) is 2.66. The summed E-state index contributed by atoms with van der Waals surface area (Å²) in [5.41, 5.74) is 5.00. The van der Waals surface area contributed by atoms with Crippen molar-refractivity contribution in [3.8, 4) is 0 Å². The number of anilines is 1. The van der Waals surface area contributed by atoms with Crippen LogP contribution in [0.2, 0.25) is 0 Å². The van der Waals surface area contributed by atoms with Crippen LogP contribution < -0.4 is 10.9 Å². The Hall–Kier alpha value is -3.54. The Kier molecular flexibility index (Phi) is 3.50. The SMILES string of the molecule is O=C(Nc1ccc2c3c(c(=O)[nH]c2c1)CCC3)c1cnc2ccccc2n1. The number of carbonyl (C=O) groups excluding carboxylic acids is 1. The smallest absolute Gasteiger partial charge is 0.275 e. The fourth-order valence-corrected chi connectivity index (χ4v) is 3.74. The molecular formula is C21H16N4O2. The second-order valence-corrected chi connectivity index (χ2v) is 6.72. The number of benzene rings is 2. The van der Waals surface area contributed by atoms with E-state index in [0.29, 0.717) is 11.2 Å². The third-order valence-electron chi connectivity index (χ3n) is 5.02. The van der Waals surface area contributed by atoms with E-state index >= 15 is 0 Å². The number of hydrogen-bond donors (Lipinski definition) is 2. The number of nitrogens with one attached hydrogen (secondary N) is 2. The van der Waals surface area contributed by atoms with Crippen LogP contribution in [0.25, 0.3) is 21.9 Å². The van der Waals surface area contributed by atoms with Crippen LogP contribution >= 0.6 is 0 Å². The van der Waals surface area contributed by atoms with E-state index in [-0.39, 0.29) is 17.2 Å². The van der Waals surface area contributed by atoms with Gasteiger partial charge in [-0.05, 0) is 49.1 Å². The monoisotopic (exact) mass is 356 g/mol. The molecule has 0 unspecified atom stereocenters. The minimum atomic E-state index is -0.337. The van der Waals surface area contributed by atoms with Gasteiger partial charge in [0.1, 0.15) is 5.69 Å². The van der Waals surface area contributed by atoms with E-state index in [2.05, 4.69) is 20.3 Å². The van der Waals surface area contributed by atoms with Crippen LogP contribution in [-0.4, -0.2) is 20.9 Å². The summed E-state index contributed by atoms with van der Waals surface area (Å²) in [6.07, 6.45) is 4.23. The summed E-state index contributed by atoms with van der Waals surface area (Å²) in [7, 11) is 0. The molecule has 27 heavy (non-hydrogen) atoms. The molecule has 4 aromatic rings. The molecule has 1 amide bonds. The molecule has 6 heteroatoms. The van der Waals surface area contributed by atoms with Crippen LogP contribution in [-0.2, 0) is 12.8 Å². The van der Waals surface area contributed by atoms with Gasteiger partial charge >= 0.3 is 0 Å². The minimum absolute atomic E-state index is 0.0288. The molecule has 2 N–H and O–H groups in total. The van der Waals surface area contributed by atoms with Crippen LogP contribution in [0.4, 0.5) is 5.69 Å². The fraction of sp³-hybridized carbons (Fsp3) is 0.143. The highest BCUT2D eigenvalue weighted by Crippen LogP contribution is 2.27. The molecule has 5 rings (SSSR count). The predicted molar refractivity (Wildman–Crippen MR) is 104 cm³/mol. The van der Waals surface area contributed by atoms with Crippen molar-refractivity contribution < 1.29 is 4.79 Å². The van der Waals surface area contributed by atoms with Gasteiger partial charge in [-0.25, -0.2) is 4.98 Å². The van der Waals surface area contributed by atoms with Gasteiger partial charge in [0.15, 0.2) is 0 Å². The Bertz CT molecular complexity index is 1280. The van der Waals surface area contributed by atoms with Crippen molar-refractivity contribution in [2.75, 3.05) is 5.32 Å². The average molecular weight is 356 g/mol. The lowest BCUT2D eigenvalue weighted by molar-refractivity contribution is 0.102. The van der Waals surface area contributed by atoms with Crippen molar-refractivity contribution in [3.63, 3.8) is 0 Å². The van der Waals surface area contributed by atoms with Crippen molar-refractivity contribution in [1.82, 2.24) is 15.0 Å². The van der Waals surface area contributed by atoms with Gasteiger partial charge in [0.05, 0.1) is 22.7 Å². The molecule has 0 saturated carbocycles. The van der Waals surface area contributed by atoms with E-state index < -0.39 is 0 Å². The molecule has 0 fully saturated rings. The molecule has 0 saturated heterocycles. The highest BCUT2D eigenvalue weighted by molar-refractivity contribution is 6.04. The Morgan fingerprint density at radius 2 is 1.85 bits per heavy atom. The Morgan fingerprint density at radius 1 is 1.04 bits per heavy atom. The minimum Gasteiger partial charge on any atom is -0.322 e. The molecule has 1 aliphatic carbocycles. The Labute approximate surface area is 154 Å². The second-order valence-electron chi connectivity index (χ2n) is 6.72. The number of aryl methyl sites for hydroxylation is 1. The highest BCUT2D eigenvalue weighted by atomic mass is 16.2. The zero-order valence-corrected chi connectivity index (χ0v) is 14.5. The first-order chi connectivity index (χ1) is 13.2. The molecule has 0 radical (unpaired) electrons. The number of aromatic nitrogens is 3. The van der Waals surface area contributed by atoms with Gasteiger partial charge in [0.2, 0.25) is 0 Å². The molecular weight excluding hydrogens is 340 g/mol. The first-order valence-electron chi connectivity index (χ1n) is 8.90. The van der Waals surface area contributed by atoms with Gasteiger partial charge in [-0.1, -0.05) is 18.2 Å². The highest BCUT2D eigenvalue weighted by Gasteiger charge is 2.18. The molecule has 0 bridgehead atoms. The summed E-state index contributed by atoms with van der Waals surface area (Å²) in [6.45, 7) is 0. The quantitative estimate of drug-likeness (QED) is 0.577. The zero-order chi connectivity index (χ0) is 18.4. The number of amides is 1. The Balaban J connectivity index is 1.49. The largest absolute Gasteiger partial charge is 0.322 e. The number of pyridine rings is 1. The second kappa shape index (κ2) is 6.02. The van der Waals surface area contributed by atoms with E-state index in [1.54, 1.807) is 6.07 Å². The van der Waals surface area contributed by atoms with Crippen LogP contribution in [0.15, 0.2) is 53.5 Å². The van der Waals surface area contributed by atoms with E-state index in [0.717, 1.165) is 46.8 Å². The number of nitrogens with zero attached hydrogens (tertiary/aromatic N) is 2. The number of hydrogen-bond acceptors (Lipinski definition) is 4. The van der Waals surface area contributed by atoms with Crippen LogP contribution in [0.5, 0.6) is 0 Å². The molecule has 6 nitrogen and oxygen atoms in total. The van der Waals surface area contributed by atoms with E-state index in [1.807, 2.05) is 36.4 Å². The molecule has 2 aromatic heterocycles. The van der Waals surface area contributed by atoms with Crippen LogP contribution in [0, 0.1) is 0 Å². The molecule has 2 heterocycles. The lowest BCUT2D eigenvalue weighted by Crippen LogP contribution is -2.15. The summed E-state index contributed by atoms with van der Waals surface area (Å²) in [5, 5.41) is 3.89. The van der Waals surface area contributed by atoms with Crippen LogP contribution in [0.3, 0.4) is 0 Å². The van der Waals surface area contributed by atoms with Gasteiger partial charge < -0.3 is 10.3 Å². The van der Waals surface area contributed by atoms with Gasteiger partial charge in [-0.3, -0.25) is 14.6 Å². The van der Waals surface area contributed by atoms with Gasteiger partial charge in [0, 0.05) is 16.6 Å². The van der Waals surface area contributed by atoms with Crippen molar-refractivity contribution in [2.45, 2.75) is 19.3 Å². The number of aromatic amines is 1. The third-order valence-corrected chi connectivity index (χ3v) is 5.02. The summed E-state index contributed by atoms with van der Waals surface area (Å²) in [6, 6.07) is 13.0.